The van der Waals surface area contributed by atoms with E-state index >= 15 is 0 Å². The molecule has 0 saturated heterocycles. The summed E-state index contributed by atoms with van der Waals surface area (Å²) in [4.78, 5) is 0. The van der Waals surface area contributed by atoms with Crippen molar-refractivity contribution >= 4 is 15.9 Å². The van der Waals surface area contributed by atoms with Crippen molar-refractivity contribution in [3.63, 3.8) is 0 Å². The van der Waals surface area contributed by atoms with Crippen molar-refractivity contribution in [3.8, 4) is 5.69 Å². The highest BCUT2D eigenvalue weighted by Crippen LogP contribution is 2.19. The van der Waals surface area contributed by atoms with Crippen LogP contribution in [0, 0.1) is 6.92 Å². The van der Waals surface area contributed by atoms with Crippen molar-refractivity contribution in [2.45, 2.75) is 19.9 Å². The topological polar surface area (TPSA) is 56.7 Å². The normalized spacial score (nSPS) is 12.8. The molecular formula is C11H13BrN4. The second kappa shape index (κ2) is 4.35. The van der Waals surface area contributed by atoms with Gasteiger partial charge in [-0.25, -0.2) is 4.68 Å². The molecule has 1 heterocycles. The van der Waals surface area contributed by atoms with E-state index in [0.717, 1.165) is 21.4 Å². The van der Waals surface area contributed by atoms with Crippen molar-refractivity contribution in [1.29, 1.82) is 0 Å². The number of aryl methyl sites for hydroxylation is 1. The van der Waals surface area contributed by atoms with Crippen molar-refractivity contribution in [2.75, 3.05) is 0 Å². The first kappa shape index (κ1) is 11.3. The fourth-order valence-electron chi connectivity index (χ4n) is 1.48. The number of rotatable bonds is 2. The van der Waals surface area contributed by atoms with Crippen molar-refractivity contribution in [2.24, 2.45) is 5.73 Å². The molecule has 16 heavy (non-hydrogen) atoms. The van der Waals surface area contributed by atoms with E-state index in [2.05, 4.69) is 26.2 Å². The minimum absolute atomic E-state index is 0.0931. The molecule has 0 aliphatic carbocycles. The summed E-state index contributed by atoms with van der Waals surface area (Å²) in [5, 5.41) is 8.10. The van der Waals surface area contributed by atoms with E-state index < -0.39 is 0 Å². The fraction of sp³-hybridized carbons (Fsp3) is 0.273. The first-order valence-corrected chi connectivity index (χ1v) is 5.81. The minimum atomic E-state index is -0.0931. The van der Waals surface area contributed by atoms with Crippen LogP contribution >= 0.6 is 15.9 Å². The zero-order valence-corrected chi connectivity index (χ0v) is 10.8. The second-order valence-corrected chi connectivity index (χ2v) is 4.72. The molecule has 1 aromatic carbocycles. The lowest BCUT2D eigenvalue weighted by atomic mass is 10.2. The lowest BCUT2D eigenvalue weighted by molar-refractivity contribution is 0.755. The van der Waals surface area contributed by atoms with Crippen LogP contribution in [0.2, 0.25) is 0 Å². The number of nitrogens with zero attached hydrogens (tertiary/aromatic N) is 3. The Labute approximate surface area is 103 Å². The maximum Gasteiger partial charge on any atom is 0.0995 e. The Morgan fingerprint density at radius 2 is 2.19 bits per heavy atom. The second-order valence-electron chi connectivity index (χ2n) is 3.81. The molecule has 2 aromatic rings. The first-order chi connectivity index (χ1) is 7.58. The van der Waals surface area contributed by atoms with Gasteiger partial charge in [0.25, 0.3) is 0 Å². The predicted molar refractivity (Wildman–Crippen MR) is 66.4 cm³/mol. The van der Waals surface area contributed by atoms with Gasteiger partial charge in [-0.3, -0.25) is 0 Å². The molecule has 0 aliphatic heterocycles. The van der Waals surface area contributed by atoms with Crippen molar-refractivity contribution in [1.82, 2.24) is 15.0 Å². The molecule has 0 aliphatic rings. The van der Waals surface area contributed by atoms with Gasteiger partial charge in [-0.15, -0.1) is 5.10 Å². The summed E-state index contributed by atoms with van der Waals surface area (Å²) in [5.41, 5.74) is 8.69. The molecule has 2 N–H and O–H groups in total. The monoisotopic (exact) mass is 280 g/mol. The lowest BCUT2D eigenvalue weighted by Crippen LogP contribution is -2.05. The van der Waals surface area contributed by atoms with Crippen LogP contribution in [-0.2, 0) is 0 Å². The third-order valence-electron chi connectivity index (χ3n) is 2.38. The SMILES string of the molecule is Cc1cc(Br)ccc1-n1cc(C(C)N)nn1. The molecule has 4 nitrogen and oxygen atoms in total. The van der Waals surface area contributed by atoms with Gasteiger partial charge in [0.15, 0.2) is 0 Å². The van der Waals surface area contributed by atoms with Gasteiger partial charge >= 0.3 is 0 Å². The number of halogens is 1. The van der Waals surface area contributed by atoms with Gasteiger partial charge in [0.05, 0.1) is 17.6 Å². The predicted octanol–water partition coefficient (Wildman–Crippen LogP) is 2.36. The average Bonchev–Trinajstić information content (AvgIpc) is 2.66. The van der Waals surface area contributed by atoms with E-state index in [1.54, 1.807) is 4.68 Å². The quantitative estimate of drug-likeness (QED) is 0.919. The Bertz CT molecular complexity index is 504. The molecule has 1 aromatic heterocycles. The van der Waals surface area contributed by atoms with Crippen LogP contribution in [0.4, 0.5) is 0 Å². The highest BCUT2D eigenvalue weighted by atomic mass is 79.9. The van der Waals surface area contributed by atoms with Crippen LogP contribution in [-0.4, -0.2) is 15.0 Å². The Hall–Kier alpha value is -1.20. The van der Waals surface area contributed by atoms with Gasteiger partial charge in [-0.2, -0.15) is 0 Å². The molecule has 84 valence electrons. The van der Waals surface area contributed by atoms with E-state index in [1.807, 2.05) is 38.2 Å². The Balaban J connectivity index is 2.42. The van der Waals surface area contributed by atoms with Crippen LogP contribution in [0.15, 0.2) is 28.9 Å². The summed E-state index contributed by atoms with van der Waals surface area (Å²) < 4.78 is 2.81. The van der Waals surface area contributed by atoms with Gasteiger partial charge in [-0.05, 0) is 37.6 Å². The largest absolute Gasteiger partial charge is 0.323 e. The number of aromatic nitrogens is 3. The lowest BCUT2D eigenvalue weighted by Gasteiger charge is -2.04. The maximum absolute atomic E-state index is 5.74. The van der Waals surface area contributed by atoms with Gasteiger partial charge < -0.3 is 5.73 Å². The van der Waals surface area contributed by atoms with Crippen molar-refractivity contribution < 1.29 is 0 Å². The first-order valence-electron chi connectivity index (χ1n) is 5.02. The highest BCUT2D eigenvalue weighted by Gasteiger charge is 2.08. The Morgan fingerprint density at radius 1 is 1.44 bits per heavy atom. The van der Waals surface area contributed by atoms with Crippen LogP contribution in [0.5, 0.6) is 0 Å². The minimum Gasteiger partial charge on any atom is -0.323 e. The molecule has 0 spiro atoms. The summed E-state index contributed by atoms with van der Waals surface area (Å²) in [6.45, 7) is 3.93. The van der Waals surface area contributed by atoms with Gasteiger partial charge in [-0.1, -0.05) is 21.1 Å². The molecule has 1 unspecified atom stereocenters. The third kappa shape index (κ3) is 2.15. The number of nitrogens with two attached hydrogens (primary N) is 1. The molecule has 5 heteroatoms. The van der Waals surface area contributed by atoms with Crippen LogP contribution in [0.1, 0.15) is 24.2 Å². The highest BCUT2D eigenvalue weighted by molar-refractivity contribution is 9.10. The molecule has 0 amide bonds. The van der Waals surface area contributed by atoms with Crippen LogP contribution in [0.3, 0.4) is 0 Å². The number of hydrogen-bond donors (Lipinski definition) is 1. The molecule has 0 fully saturated rings. The smallest absolute Gasteiger partial charge is 0.0995 e. The van der Waals surface area contributed by atoms with E-state index in [0.29, 0.717) is 0 Å². The summed E-state index contributed by atoms with van der Waals surface area (Å²) in [6, 6.07) is 5.93. The molecular weight excluding hydrogens is 268 g/mol. The van der Waals surface area contributed by atoms with Gasteiger partial charge in [0.2, 0.25) is 0 Å². The summed E-state index contributed by atoms with van der Waals surface area (Å²) >= 11 is 3.43. The van der Waals surface area contributed by atoms with Crippen molar-refractivity contribution in [3.05, 3.63) is 40.1 Å². The Kier molecular flexibility index (Phi) is 3.07. The van der Waals surface area contributed by atoms with Crippen LogP contribution < -0.4 is 5.73 Å². The number of hydrogen-bond acceptors (Lipinski definition) is 3. The third-order valence-corrected chi connectivity index (χ3v) is 2.88. The standard InChI is InChI=1S/C11H13BrN4/c1-7-5-9(12)3-4-11(7)16-6-10(8(2)13)14-15-16/h3-6,8H,13H2,1-2H3. The Morgan fingerprint density at radius 3 is 2.75 bits per heavy atom. The zero-order valence-electron chi connectivity index (χ0n) is 9.18. The van der Waals surface area contributed by atoms with E-state index in [9.17, 15) is 0 Å². The van der Waals surface area contributed by atoms with E-state index in [1.165, 1.54) is 0 Å². The molecule has 2 rings (SSSR count). The maximum atomic E-state index is 5.74. The molecule has 0 saturated carbocycles. The summed E-state index contributed by atoms with van der Waals surface area (Å²) in [7, 11) is 0. The summed E-state index contributed by atoms with van der Waals surface area (Å²) in [6.07, 6.45) is 1.86. The number of benzene rings is 1. The molecule has 0 bridgehead atoms. The van der Waals surface area contributed by atoms with E-state index in [-0.39, 0.29) is 6.04 Å². The summed E-state index contributed by atoms with van der Waals surface area (Å²) in [5.74, 6) is 0. The average molecular weight is 281 g/mol. The van der Waals surface area contributed by atoms with Gasteiger partial charge in [0.1, 0.15) is 0 Å². The van der Waals surface area contributed by atoms with E-state index in [4.69, 9.17) is 5.73 Å². The zero-order chi connectivity index (χ0) is 11.7. The van der Waals surface area contributed by atoms with Crippen LogP contribution in [0.25, 0.3) is 5.69 Å². The molecule has 1 atom stereocenters. The van der Waals surface area contributed by atoms with Gasteiger partial charge in [0, 0.05) is 10.5 Å². The fourth-order valence-corrected chi connectivity index (χ4v) is 1.95. The molecule has 0 radical (unpaired) electrons.